The number of rotatable bonds is 8. The molecule has 0 saturated heterocycles. The number of carbonyl (C=O) groups excluding carboxylic acids is 4. The van der Waals surface area contributed by atoms with Crippen LogP contribution in [0.15, 0.2) is 133 Å². The van der Waals surface area contributed by atoms with Gasteiger partial charge in [0.25, 0.3) is 11.8 Å². The van der Waals surface area contributed by atoms with Crippen molar-refractivity contribution in [3.63, 3.8) is 0 Å². The molecule has 0 spiro atoms. The fraction of sp³-hybridized carbons (Fsp3) is 0.261. The van der Waals surface area contributed by atoms with E-state index in [1.807, 2.05) is 42.5 Å². The van der Waals surface area contributed by atoms with E-state index in [4.69, 9.17) is 0 Å². The zero-order valence-corrected chi connectivity index (χ0v) is 30.4. The third-order valence-electron chi connectivity index (χ3n) is 13.5. The van der Waals surface area contributed by atoms with Crippen LogP contribution in [0.2, 0.25) is 0 Å². The molecule has 3 saturated carbocycles. The molecule has 0 aromatic heterocycles. The van der Waals surface area contributed by atoms with Crippen LogP contribution in [0.3, 0.4) is 0 Å². The fourth-order valence-corrected chi connectivity index (χ4v) is 16.1. The number of amides is 4. The molecule has 2 bridgehead atoms. The Morgan fingerprint density at radius 3 is 1.47 bits per heavy atom. The number of hydrogen-bond donors (Lipinski definition) is 0. The number of nitrogens with zero attached hydrogens (tertiary/aromatic N) is 2. The molecule has 6 atom stereocenters. The van der Waals surface area contributed by atoms with Gasteiger partial charge in [-0.15, -0.1) is 0 Å². The third-order valence-corrected chi connectivity index (χ3v) is 18.2. The second-order valence-electron chi connectivity index (χ2n) is 15.9. The number of benzene rings is 5. The van der Waals surface area contributed by atoms with Crippen molar-refractivity contribution in [2.75, 3.05) is 13.1 Å². The van der Waals surface area contributed by atoms with Gasteiger partial charge in [0, 0.05) is 0 Å². The van der Waals surface area contributed by atoms with E-state index in [-0.39, 0.29) is 35.5 Å². The number of hydrogen-bond acceptors (Lipinski definition) is 4. The number of fused-ring (bicyclic) bond motifs is 7. The summed E-state index contributed by atoms with van der Waals surface area (Å²) in [6.45, 7) is 0.928. The molecule has 6 nitrogen and oxygen atoms in total. The molecule has 264 valence electrons. The van der Waals surface area contributed by atoms with Crippen molar-refractivity contribution >= 4 is 52.1 Å². The van der Waals surface area contributed by atoms with Gasteiger partial charge < -0.3 is 0 Å². The van der Waals surface area contributed by atoms with Gasteiger partial charge in [-0.05, 0) is 12.1 Å². The Kier molecular flexibility index (Phi) is 7.63. The van der Waals surface area contributed by atoms with Gasteiger partial charge >= 0.3 is 249 Å². The van der Waals surface area contributed by atoms with Gasteiger partial charge in [0.15, 0.2) is 0 Å². The van der Waals surface area contributed by atoms with Crippen LogP contribution in [0.25, 0.3) is 0 Å². The molecule has 5 aliphatic rings. The molecule has 4 amide bonds. The quantitative estimate of drug-likeness (QED) is 0.141. The normalized spacial score (nSPS) is 26.0. The first kappa shape index (κ1) is 32.5. The molecule has 7 heteroatoms. The summed E-state index contributed by atoms with van der Waals surface area (Å²) in [6.07, 6.45) is 4.20. The van der Waals surface area contributed by atoms with Crippen molar-refractivity contribution in [2.24, 2.45) is 35.5 Å². The number of imide groups is 2. The molecule has 5 aromatic rings. The van der Waals surface area contributed by atoms with Gasteiger partial charge in [0.2, 0.25) is 0 Å². The number of carbonyl (C=O) groups is 4. The minimum atomic E-state index is -2.85. The van der Waals surface area contributed by atoms with Crippen molar-refractivity contribution in [3.05, 3.63) is 156 Å². The average molecular weight is 717 g/mol. The molecule has 3 aliphatic carbocycles. The van der Waals surface area contributed by atoms with Gasteiger partial charge in [-0.25, -0.2) is 0 Å². The second-order valence-corrected chi connectivity index (χ2v) is 19.7. The summed E-state index contributed by atoms with van der Waals surface area (Å²) >= 11 is 0. The van der Waals surface area contributed by atoms with E-state index in [0.29, 0.717) is 59.0 Å². The van der Waals surface area contributed by atoms with Crippen LogP contribution in [0.5, 0.6) is 0 Å². The van der Waals surface area contributed by atoms with Gasteiger partial charge in [0.05, 0.1) is 11.1 Å². The van der Waals surface area contributed by atoms with E-state index in [1.165, 1.54) is 25.7 Å². The predicted octanol–water partition coefficient (Wildman–Crippen LogP) is 6.23. The summed E-state index contributed by atoms with van der Waals surface area (Å²) in [7, 11) is -2.85. The molecule has 0 radical (unpaired) electrons. The summed E-state index contributed by atoms with van der Waals surface area (Å²) in [5.74, 6) is 1.97. The Bertz CT molecular complexity index is 2160. The topological polar surface area (TPSA) is 74.8 Å². The van der Waals surface area contributed by atoms with E-state index in [0.717, 1.165) is 31.0 Å². The molecule has 10 rings (SSSR count). The zero-order valence-electron chi connectivity index (χ0n) is 29.4. The monoisotopic (exact) mass is 716 g/mol. The van der Waals surface area contributed by atoms with Crippen LogP contribution in [0, 0.1) is 35.5 Å². The van der Waals surface area contributed by atoms with E-state index in [9.17, 15) is 19.2 Å². The van der Waals surface area contributed by atoms with E-state index >= 15 is 0 Å². The van der Waals surface area contributed by atoms with Crippen molar-refractivity contribution in [1.29, 1.82) is 0 Å². The molecule has 6 unspecified atom stereocenters. The van der Waals surface area contributed by atoms with Crippen LogP contribution in [-0.2, 0) is 0 Å². The summed E-state index contributed by atoms with van der Waals surface area (Å²) in [4.78, 5) is 57.6. The minimum absolute atomic E-state index is 0.173. The van der Waals surface area contributed by atoms with Gasteiger partial charge in [-0.1, -0.05) is 12.1 Å². The maximum absolute atomic E-state index is 14.4. The van der Waals surface area contributed by atoms with Crippen molar-refractivity contribution in [1.82, 2.24) is 9.80 Å². The third kappa shape index (κ3) is 4.88. The average Bonchev–Trinajstić information content (AvgIpc) is 4.00. The standard InChI is InChI=1S/C46H41N2O4P/c49-43-36-18-10-11-19-37(36)44(50)47(43)27-29-22-39-30-24-31(40(25-30)41(39)23-29)28-48-45(51)38-21-20-35(26-42(38)46(48)52)53(32-12-4-1-5-13-32,33-14-6-2-7-15-33)34-16-8-3-9-17-34/h1-21,26,29-31,39-41,53H,22-25,27-28H2. The first-order valence-electron chi connectivity index (χ1n) is 19.1. The Morgan fingerprint density at radius 1 is 0.434 bits per heavy atom. The first-order chi connectivity index (χ1) is 25.9. The Morgan fingerprint density at radius 2 is 0.906 bits per heavy atom. The summed E-state index contributed by atoms with van der Waals surface area (Å²) in [6, 6.07) is 45.0. The Balaban J connectivity index is 0.912. The summed E-state index contributed by atoms with van der Waals surface area (Å²) < 4.78 is 0. The molecular weight excluding hydrogens is 675 g/mol. The van der Waals surface area contributed by atoms with Crippen molar-refractivity contribution < 1.29 is 19.2 Å². The van der Waals surface area contributed by atoms with E-state index < -0.39 is 7.26 Å². The molecule has 3 fully saturated rings. The molecule has 53 heavy (non-hydrogen) atoms. The maximum atomic E-state index is 14.4. The van der Waals surface area contributed by atoms with Crippen LogP contribution < -0.4 is 21.2 Å². The van der Waals surface area contributed by atoms with Crippen LogP contribution >= 0.6 is 7.26 Å². The van der Waals surface area contributed by atoms with Crippen molar-refractivity contribution in [3.8, 4) is 0 Å². The summed E-state index contributed by atoms with van der Waals surface area (Å²) in [5, 5.41) is 4.75. The van der Waals surface area contributed by atoms with Crippen molar-refractivity contribution in [2.45, 2.75) is 25.7 Å². The van der Waals surface area contributed by atoms with Gasteiger partial charge in [-0.2, -0.15) is 0 Å². The fourth-order valence-electron chi connectivity index (χ4n) is 11.3. The first-order valence-corrected chi connectivity index (χ1v) is 21.1. The molecule has 5 aromatic carbocycles. The molecular formula is C46H41N2O4P. The SMILES string of the molecule is O=C1c2ccccc2C(=O)N1CC1CC2C3CC(CN4C(=O)c5ccc([PH](c6ccccc6)(c6ccccc6)c6ccccc6)cc5C4=O)C(C3)C2C1. The van der Waals surface area contributed by atoms with Gasteiger partial charge in [-0.3, -0.25) is 14.5 Å². The summed E-state index contributed by atoms with van der Waals surface area (Å²) in [5.41, 5.74) is 2.03. The molecule has 2 heterocycles. The van der Waals surface area contributed by atoms with E-state index in [1.54, 1.807) is 12.1 Å². The Hall–Kier alpha value is -5.19. The van der Waals surface area contributed by atoms with Crippen LogP contribution in [-0.4, -0.2) is 46.5 Å². The predicted molar refractivity (Wildman–Crippen MR) is 209 cm³/mol. The van der Waals surface area contributed by atoms with Crippen LogP contribution in [0.1, 0.15) is 67.1 Å². The second kappa shape index (κ2) is 12.5. The van der Waals surface area contributed by atoms with E-state index in [2.05, 4.69) is 78.9 Å². The van der Waals surface area contributed by atoms with Crippen LogP contribution in [0.4, 0.5) is 0 Å². The molecule has 0 N–H and O–H groups in total. The van der Waals surface area contributed by atoms with Gasteiger partial charge in [0.1, 0.15) is 0 Å². The Labute approximate surface area is 310 Å². The zero-order chi connectivity index (χ0) is 35.8. The molecule has 2 aliphatic heterocycles.